The van der Waals surface area contributed by atoms with E-state index < -0.39 is 22.9 Å². The molecule has 0 unspecified atom stereocenters. The van der Waals surface area contributed by atoms with Gasteiger partial charge in [0.25, 0.3) is 0 Å². The van der Waals surface area contributed by atoms with Crippen LogP contribution in [0.4, 0.5) is 0 Å². The summed E-state index contributed by atoms with van der Waals surface area (Å²) in [6, 6.07) is 0. The summed E-state index contributed by atoms with van der Waals surface area (Å²) in [4.78, 5) is 4.68. The van der Waals surface area contributed by atoms with Gasteiger partial charge < -0.3 is 4.98 Å². The van der Waals surface area contributed by atoms with Crippen molar-refractivity contribution in [2.75, 3.05) is 0 Å². The zero-order chi connectivity index (χ0) is 11.3. The molecule has 0 aliphatic heterocycles. The van der Waals surface area contributed by atoms with E-state index >= 15 is 0 Å². The van der Waals surface area contributed by atoms with Gasteiger partial charge >= 0.3 is 42.6 Å². The van der Waals surface area contributed by atoms with Crippen molar-refractivity contribution < 1.29 is 14.7 Å². The second kappa shape index (κ2) is 7.10. The van der Waals surface area contributed by atoms with E-state index in [9.17, 15) is 0 Å². The minimum absolute atomic E-state index is 0.171. The molecule has 0 radical (unpaired) electrons. The van der Waals surface area contributed by atoms with Crippen LogP contribution in [-0.2, 0) is 14.7 Å². The average Bonchev–Trinajstić information content (AvgIpc) is 1.47. The van der Waals surface area contributed by atoms with Gasteiger partial charge in [-0.3, -0.25) is 0 Å². The van der Waals surface area contributed by atoms with Crippen LogP contribution in [0.5, 0.6) is 0 Å². The molecular formula is C7H18Cl3NSiTi. The molecule has 0 amide bonds. The molecule has 0 aliphatic carbocycles. The zero-order valence-corrected chi connectivity index (χ0v) is 13.9. The van der Waals surface area contributed by atoms with Crippen LogP contribution in [0.2, 0.25) is 19.6 Å². The predicted octanol–water partition coefficient (Wildman–Crippen LogP) is 5.06. The van der Waals surface area contributed by atoms with Gasteiger partial charge in [0.05, 0.1) is 0 Å². The topological polar surface area (TPSA) is 14.1 Å². The van der Waals surface area contributed by atoms with E-state index in [2.05, 4.69) is 45.4 Å². The Morgan fingerprint density at radius 3 is 1.23 bits per heavy atom. The summed E-state index contributed by atoms with van der Waals surface area (Å²) >= 11 is -1.92. The molecule has 0 spiro atoms. The Morgan fingerprint density at radius 1 is 1.00 bits per heavy atom. The molecule has 0 N–H and O–H groups in total. The van der Waals surface area contributed by atoms with Crippen molar-refractivity contribution in [3.8, 4) is 0 Å². The van der Waals surface area contributed by atoms with E-state index in [4.69, 9.17) is 27.9 Å². The number of halogens is 3. The zero-order valence-electron chi connectivity index (χ0n) is 9.08. The molecule has 0 fully saturated rings. The van der Waals surface area contributed by atoms with Crippen LogP contribution >= 0.6 is 27.9 Å². The normalized spacial score (nSPS) is 11.8. The van der Waals surface area contributed by atoms with Gasteiger partial charge in [-0.25, -0.2) is 0 Å². The van der Waals surface area contributed by atoms with Crippen LogP contribution in [0, 0.1) is 0 Å². The number of rotatable bonds is 1. The molecule has 0 aliphatic rings. The molecule has 0 aromatic rings. The third-order valence-electron chi connectivity index (χ3n) is 0.671. The average molecular weight is 299 g/mol. The Hall–Kier alpha value is 1.76. The third kappa shape index (κ3) is 31.6. The van der Waals surface area contributed by atoms with Crippen molar-refractivity contribution in [2.24, 2.45) is 0 Å². The van der Waals surface area contributed by atoms with Gasteiger partial charge in [-0.05, 0) is 0 Å². The van der Waals surface area contributed by atoms with Gasteiger partial charge in [0.1, 0.15) is 0 Å². The van der Waals surface area contributed by atoms with E-state index in [0.717, 1.165) is 0 Å². The molecule has 0 saturated carbocycles. The van der Waals surface area contributed by atoms with Crippen molar-refractivity contribution in [3.63, 3.8) is 0 Å². The monoisotopic (exact) mass is 297 g/mol. The maximum atomic E-state index is 4.97. The van der Waals surface area contributed by atoms with Crippen LogP contribution in [0.3, 0.4) is 0 Å². The molecule has 13 heavy (non-hydrogen) atoms. The van der Waals surface area contributed by atoms with Crippen molar-refractivity contribution in [1.29, 1.82) is 0 Å². The number of nitrogens with zero attached hydrogens (tertiary/aromatic N) is 1. The SMILES string of the molecule is CC(C)(C)[N-][Si](C)(C)C.[Cl][Ti+]([Cl])[Cl]. The van der Waals surface area contributed by atoms with E-state index in [0.29, 0.717) is 0 Å². The molecule has 0 aromatic carbocycles. The summed E-state index contributed by atoms with van der Waals surface area (Å²) in [6.45, 7) is 13.3. The maximum absolute atomic E-state index is 4.97. The fraction of sp³-hybridized carbons (Fsp3) is 1.00. The molecule has 0 aromatic heterocycles. The van der Waals surface area contributed by atoms with E-state index in [1.165, 1.54) is 0 Å². The summed E-state index contributed by atoms with van der Waals surface area (Å²) in [7, 11) is 13.7. The standard InChI is InChI=1S/C7H18NSi.3ClH.Ti/c1-7(2,3)8-9(4,5)6;;;;/h1-6H3;3*1H;/q-1;;;;+4/p-3. The molecule has 0 bridgehead atoms. The first-order valence-electron chi connectivity index (χ1n) is 4.01. The van der Waals surface area contributed by atoms with Crippen LogP contribution < -0.4 is 0 Å². The Bertz CT molecular complexity index is 116. The van der Waals surface area contributed by atoms with Gasteiger partial charge in [0.2, 0.25) is 0 Å². The molecule has 80 valence electrons. The quantitative estimate of drug-likeness (QED) is 0.601. The van der Waals surface area contributed by atoms with E-state index in [1.54, 1.807) is 0 Å². The number of hydrogen-bond donors (Lipinski definition) is 0. The summed E-state index contributed by atoms with van der Waals surface area (Å²) in [5.41, 5.74) is 0.171. The Labute approximate surface area is 101 Å². The molecule has 0 saturated heterocycles. The third-order valence-corrected chi connectivity index (χ3v) is 2.01. The van der Waals surface area contributed by atoms with Crippen LogP contribution in [-0.4, -0.2) is 13.8 Å². The summed E-state index contributed by atoms with van der Waals surface area (Å²) in [5.74, 6) is 0. The minimum atomic E-state index is -1.92. The first-order valence-corrected chi connectivity index (χ1v) is 13.9. The number of hydrogen-bond acceptors (Lipinski definition) is 0. The van der Waals surface area contributed by atoms with Crippen molar-refractivity contribution in [2.45, 2.75) is 46.0 Å². The Morgan fingerprint density at radius 2 is 1.23 bits per heavy atom. The first-order chi connectivity index (χ1) is 5.44. The fourth-order valence-electron chi connectivity index (χ4n) is 1.01. The van der Waals surface area contributed by atoms with Crippen LogP contribution in [0.25, 0.3) is 4.98 Å². The molecule has 0 rings (SSSR count). The molecule has 1 nitrogen and oxygen atoms in total. The molecule has 0 atom stereocenters. The molecule has 0 heterocycles. The van der Waals surface area contributed by atoms with Crippen LogP contribution in [0.1, 0.15) is 20.8 Å². The van der Waals surface area contributed by atoms with Crippen molar-refractivity contribution in [3.05, 3.63) is 4.98 Å². The van der Waals surface area contributed by atoms with E-state index in [1.807, 2.05) is 0 Å². The fourth-order valence-corrected chi connectivity index (χ4v) is 3.02. The summed E-state index contributed by atoms with van der Waals surface area (Å²) in [6.07, 6.45) is 0. The van der Waals surface area contributed by atoms with E-state index in [-0.39, 0.29) is 5.54 Å². The van der Waals surface area contributed by atoms with Gasteiger partial charge in [-0.1, -0.05) is 48.6 Å². The Balaban J connectivity index is 0. The van der Waals surface area contributed by atoms with Gasteiger partial charge in [-0.2, -0.15) is 0 Å². The molecular weight excluding hydrogens is 280 g/mol. The first kappa shape index (κ1) is 17.2. The second-order valence-electron chi connectivity index (χ2n) is 4.67. The predicted molar refractivity (Wildman–Crippen MR) is 64.0 cm³/mol. The second-order valence-corrected chi connectivity index (χ2v) is 17.0. The van der Waals surface area contributed by atoms with Gasteiger partial charge in [0.15, 0.2) is 0 Å². The summed E-state index contributed by atoms with van der Waals surface area (Å²) in [5, 5.41) is 0. The van der Waals surface area contributed by atoms with Crippen molar-refractivity contribution in [1.82, 2.24) is 0 Å². The summed E-state index contributed by atoms with van der Waals surface area (Å²) < 4.78 is 0. The van der Waals surface area contributed by atoms with Gasteiger partial charge in [0, 0.05) is 0 Å². The van der Waals surface area contributed by atoms with Crippen molar-refractivity contribution >= 4 is 36.2 Å². The van der Waals surface area contributed by atoms with Crippen LogP contribution in [0.15, 0.2) is 0 Å². The van der Waals surface area contributed by atoms with Gasteiger partial charge in [-0.15, -0.1) is 5.54 Å². The molecule has 6 heteroatoms. The Kier molecular flexibility index (Phi) is 9.38.